The highest BCUT2D eigenvalue weighted by Gasteiger charge is 2.00. The van der Waals surface area contributed by atoms with Gasteiger partial charge in [-0.25, -0.2) is 0 Å². The number of guanidine groups is 1. The molecular weight excluding hydrogens is 423 g/mol. The van der Waals surface area contributed by atoms with E-state index >= 15 is 0 Å². The molecule has 136 valence electrons. The summed E-state index contributed by atoms with van der Waals surface area (Å²) in [5.74, 6) is 0.880. The summed E-state index contributed by atoms with van der Waals surface area (Å²) in [5, 5.41) is 6.72. The number of rotatable bonds is 7. The Morgan fingerprint density at radius 1 is 1.04 bits per heavy atom. The van der Waals surface area contributed by atoms with E-state index in [-0.39, 0.29) is 24.0 Å². The van der Waals surface area contributed by atoms with Crippen LogP contribution >= 0.6 is 24.0 Å². The van der Waals surface area contributed by atoms with Crippen LogP contribution in [0.2, 0.25) is 0 Å². The minimum absolute atomic E-state index is 0. The molecule has 1 aromatic carbocycles. The van der Waals surface area contributed by atoms with Gasteiger partial charge in [-0.15, -0.1) is 24.0 Å². The van der Waals surface area contributed by atoms with Gasteiger partial charge in [-0.2, -0.15) is 0 Å². The third kappa shape index (κ3) is 8.34. The lowest BCUT2D eigenvalue weighted by molar-refractivity contribution is 0.796. The molecule has 0 spiro atoms. The molecule has 2 N–H and O–H groups in total. The number of pyridine rings is 1. The van der Waals surface area contributed by atoms with E-state index in [1.54, 1.807) is 6.20 Å². The number of aliphatic imine (C=N–C) groups is 1. The Kier molecular flexibility index (Phi) is 10.1. The third-order valence-electron chi connectivity index (χ3n) is 3.73. The molecule has 2 aromatic rings. The number of hydrogen-bond donors (Lipinski definition) is 2. The van der Waals surface area contributed by atoms with Crippen molar-refractivity contribution in [3.05, 3.63) is 65.0 Å². The van der Waals surface area contributed by atoms with E-state index in [1.165, 1.54) is 22.3 Å². The molecule has 0 saturated heterocycles. The molecule has 2 rings (SSSR count). The van der Waals surface area contributed by atoms with Gasteiger partial charge in [0, 0.05) is 32.0 Å². The van der Waals surface area contributed by atoms with Crippen LogP contribution in [-0.4, -0.2) is 30.6 Å². The Balaban J connectivity index is 0.00000312. The minimum Gasteiger partial charge on any atom is -0.357 e. The van der Waals surface area contributed by atoms with E-state index in [1.807, 2.05) is 12.3 Å². The van der Waals surface area contributed by atoms with Gasteiger partial charge in [0.2, 0.25) is 0 Å². The highest BCUT2D eigenvalue weighted by Crippen LogP contribution is 2.08. The van der Waals surface area contributed by atoms with Crippen LogP contribution in [0.15, 0.2) is 47.7 Å². The van der Waals surface area contributed by atoms with Crippen molar-refractivity contribution in [1.82, 2.24) is 15.6 Å². The standard InChI is InChI=1S/C20H28N4.HI/c1-4-22-20(23-10-7-18-6-5-9-21-15-18)24-11-8-19-13-16(2)12-17(3)14-19;/h5-6,9,12-15H,4,7-8,10-11H2,1-3H3,(H2,22,23,24);1H. The van der Waals surface area contributed by atoms with Crippen molar-refractivity contribution in [2.45, 2.75) is 33.6 Å². The molecule has 0 atom stereocenters. The Bertz CT molecular complexity index is 636. The average molecular weight is 452 g/mol. The maximum Gasteiger partial charge on any atom is 0.191 e. The second-order valence-electron chi connectivity index (χ2n) is 6.04. The van der Waals surface area contributed by atoms with Crippen LogP contribution < -0.4 is 10.6 Å². The Labute approximate surface area is 168 Å². The first-order valence-corrected chi connectivity index (χ1v) is 8.65. The highest BCUT2D eigenvalue weighted by molar-refractivity contribution is 14.0. The molecule has 1 heterocycles. The molecule has 1 aromatic heterocycles. The second kappa shape index (κ2) is 11.8. The van der Waals surface area contributed by atoms with Crippen molar-refractivity contribution in [1.29, 1.82) is 0 Å². The summed E-state index contributed by atoms with van der Waals surface area (Å²) in [5.41, 5.74) is 5.22. The van der Waals surface area contributed by atoms with E-state index in [0.29, 0.717) is 0 Å². The van der Waals surface area contributed by atoms with Gasteiger partial charge >= 0.3 is 0 Å². The maximum absolute atomic E-state index is 4.64. The molecule has 0 radical (unpaired) electrons. The quantitative estimate of drug-likeness (QED) is 0.383. The zero-order valence-electron chi connectivity index (χ0n) is 15.4. The Hall–Kier alpha value is -1.63. The summed E-state index contributed by atoms with van der Waals surface area (Å²) < 4.78 is 0. The summed E-state index contributed by atoms with van der Waals surface area (Å²) in [6.45, 7) is 8.87. The van der Waals surface area contributed by atoms with Crippen LogP contribution in [0.4, 0.5) is 0 Å². The number of hydrogen-bond acceptors (Lipinski definition) is 2. The summed E-state index contributed by atoms with van der Waals surface area (Å²) in [6.07, 6.45) is 5.60. The molecule has 0 aliphatic carbocycles. The number of nitrogens with one attached hydrogen (secondary N) is 2. The highest BCUT2D eigenvalue weighted by atomic mass is 127. The molecule has 5 heteroatoms. The van der Waals surface area contributed by atoms with Crippen LogP contribution in [0, 0.1) is 13.8 Å². The molecule has 4 nitrogen and oxygen atoms in total. The largest absolute Gasteiger partial charge is 0.357 e. The van der Waals surface area contributed by atoms with Crippen molar-refractivity contribution >= 4 is 29.9 Å². The van der Waals surface area contributed by atoms with Crippen molar-refractivity contribution in [3.8, 4) is 0 Å². The lowest BCUT2D eigenvalue weighted by Crippen LogP contribution is -2.38. The first-order chi connectivity index (χ1) is 11.7. The van der Waals surface area contributed by atoms with E-state index in [0.717, 1.165) is 38.4 Å². The number of halogens is 1. The molecule has 0 unspecified atom stereocenters. The van der Waals surface area contributed by atoms with Gasteiger partial charge in [0.15, 0.2) is 5.96 Å². The van der Waals surface area contributed by atoms with Gasteiger partial charge in [-0.1, -0.05) is 35.4 Å². The average Bonchev–Trinajstić information content (AvgIpc) is 2.55. The number of aryl methyl sites for hydroxylation is 2. The summed E-state index contributed by atoms with van der Waals surface area (Å²) >= 11 is 0. The number of benzene rings is 1. The topological polar surface area (TPSA) is 49.3 Å². The van der Waals surface area contributed by atoms with Gasteiger partial charge in [0.25, 0.3) is 0 Å². The fourth-order valence-corrected chi connectivity index (χ4v) is 2.72. The van der Waals surface area contributed by atoms with E-state index in [2.05, 4.69) is 65.6 Å². The Morgan fingerprint density at radius 2 is 1.80 bits per heavy atom. The maximum atomic E-state index is 4.64. The van der Waals surface area contributed by atoms with E-state index in [4.69, 9.17) is 0 Å². The van der Waals surface area contributed by atoms with Gasteiger partial charge in [-0.3, -0.25) is 9.98 Å². The summed E-state index contributed by atoms with van der Waals surface area (Å²) in [6, 6.07) is 10.8. The second-order valence-corrected chi connectivity index (χ2v) is 6.04. The summed E-state index contributed by atoms with van der Waals surface area (Å²) in [4.78, 5) is 8.78. The van der Waals surface area contributed by atoms with Gasteiger partial charge in [-0.05, 0) is 50.8 Å². The van der Waals surface area contributed by atoms with Crippen molar-refractivity contribution < 1.29 is 0 Å². The SMILES string of the molecule is CCNC(=NCCc1cccnc1)NCCc1cc(C)cc(C)c1.I. The molecule has 0 amide bonds. The fourth-order valence-electron chi connectivity index (χ4n) is 2.72. The van der Waals surface area contributed by atoms with Gasteiger partial charge < -0.3 is 10.6 Å². The molecule has 0 bridgehead atoms. The zero-order chi connectivity index (χ0) is 17.2. The smallest absolute Gasteiger partial charge is 0.191 e. The van der Waals surface area contributed by atoms with Crippen LogP contribution in [0.1, 0.15) is 29.2 Å². The lowest BCUT2D eigenvalue weighted by Gasteiger charge is -2.12. The van der Waals surface area contributed by atoms with E-state index < -0.39 is 0 Å². The fraction of sp³-hybridized carbons (Fsp3) is 0.400. The third-order valence-corrected chi connectivity index (χ3v) is 3.73. The molecule has 0 aliphatic heterocycles. The van der Waals surface area contributed by atoms with Crippen LogP contribution in [0.5, 0.6) is 0 Å². The van der Waals surface area contributed by atoms with Crippen molar-refractivity contribution in [2.75, 3.05) is 19.6 Å². The Morgan fingerprint density at radius 3 is 2.44 bits per heavy atom. The molecule has 0 aliphatic rings. The first-order valence-electron chi connectivity index (χ1n) is 8.65. The minimum atomic E-state index is 0. The van der Waals surface area contributed by atoms with Crippen LogP contribution in [0.3, 0.4) is 0 Å². The van der Waals surface area contributed by atoms with Crippen LogP contribution in [-0.2, 0) is 12.8 Å². The normalized spacial score (nSPS) is 10.9. The molecule has 25 heavy (non-hydrogen) atoms. The number of nitrogens with zero attached hydrogens (tertiary/aromatic N) is 2. The monoisotopic (exact) mass is 452 g/mol. The molecular formula is C20H29IN4. The van der Waals surface area contributed by atoms with E-state index in [9.17, 15) is 0 Å². The predicted molar refractivity (Wildman–Crippen MR) is 117 cm³/mol. The van der Waals surface area contributed by atoms with Gasteiger partial charge in [0.1, 0.15) is 0 Å². The lowest BCUT2D eigenvalue weighted by atomic mass is 10.1. The predicted octanol–water partition coefficient (Wildman–Crippen LogP) is 3.66. The first kappa shape index (κ1) is 21.4. The molecule has 0 fully saturated rings. The number of aromatic nitrogens is 1. The van der Waals surface area contributed by atoms with Crippen LogP contribution in [0.25, 0.3) is 0 Å². The zero-order valence-corrected chi connectivity index (χ0v) is 17.7. The van der Waals surface area contributed by atoms with Crippen molar-refractivity contribution in [2.24, 2.45) is 4.99 Å². The molecule has 0 saturated carbocycles. The van der Waals surface area contributed by atoms with Gasteiger partial charge in [0.05, 0.1) is 0 Å². The summed E-state index contributed by atoms with van der Waals surface area (Å²) in [7, 11) is 0. The van der Waals surface area contributed by atoms with Crippen molar-refractivity contribution in [3.63, 3.8) is 0 Å².